The van der Waals surface area contributed by atoms with Gasteiger partial charge >= 0.3 is 5.97 Å². The van der Waals surface area contributed by atoms with Crippen LogP contribution in [0.1, 0.15) is 0 Å². The van der Waals surface area contributed by atoms with E-state index in [1.54, 1.807) is 13.2 Å². The number of carbonyl (C=O) groups excluding carboxylic acids is 1. The van der Waals surface area contributed by atoms with Gasteiger partial charge in [0.25, 0.3) is 0 Å². The van der Waals surface area contributed by atoms with Crippen LogP contribution in [0.2, 0.25) is 0 Å². The van der Waals surface area contributed by atoms with Crippen molar-refractivity contribution in [2.45, 2.75) is 6.04 Å². The lowest BCUT2D eigenvalue weighted by Gasteiger charge is -2.15. The third kappa shape index (κ3) is 3.13. The fourth-order valence-electron chi connectivity index (χ4n) is 1.27. The molecule has 1 unspecified atom stereocenters. The summed E-state index contributed by atoms with van der Waals surface area (Å²) in [5.74, 6) is 0.330. The summed E-state index contributed by atoms with van der Waals surface area (Å²) in [4.78, 5) is 11.3. The molecule has 1 atom stereocenters. The second-order valence-corrected chi connectivity index (χ2v) is 3.19. The standard InChI is InChI=1S/C11H16N2O3/c1-15-9-5-3-4-8(6-9)13-10(7-12)11(14)16-2/h3-6,10,13H,7,12H2,1-2H3. The molecule has 0 saturated heterocycles. The van der Waals surface area contributed by atoms with E-state index in [-0.39, 0.29) is 12.5 Å². The summed E-state index contributed by atoms with van der Waals surface area (Å²) in [6.07, 6.45) is 0. The van der Waals surface area contributed by atoms with Gasteiger partial charge in [-0.2, -0.15) is 0 Å². The molecule has 0 aromatic heterocycles. The summed E-state index contributed by atoms with van der Waals surface area (Å²) in [5, 5.41) is 2.97. The van der Waals surface area contributed by atoms with Gasteiger partial charge in [0.15, 0.2) is 0 Å². The van der Waals surface area contributed by atoms with Crippen LogP contribution < -0.4 is 15.8 Å². The topological polar surface area (TPSA) is 73.6 Å². The molecule has 16 heavy (non-hydrogen) atoms. The maximum atomic E-state index is 11.3. The SMILES string of the molecule is COC(=O)C(CN)Nc1cccc(OC)c1. The summed E-state index contributed by atoms with van der Waals surface area (Å²) in [5.41, 5.74) is 6.24. The highest BCUT2D eigenvalue weighted by Crippen LogP contribution is 2.17. The monoisotopic (exact) mass is 224 g/mol. The fraction of sp³-hybridized carbons (Fsp3) is 0.364. The van der Waals surface area contributed by atoms with E-state index in [1.807, 2.05) is 18.2 Å². The third-order valence-electron chi connectivity index (χ3n) is 2.13. The molecule has 88 valence electrons. The molecule has 0 aliphatic carbocycles. The van der Waals surface area contributed by atoms with E-state index in [1.165, 1.54) is 7.11 Å². The molecule has 0 fully saturated rings. The van der Waals surface area contributed by atoms with Crippen LogP contribution in [0.4, 0.5) is 5.69 Å². The number of hydrogen-bond donors (Lipinski definition) is 2. The van der Waals surface area contributed by atoms with Crippen molar-refractivity contribution in [3.05, 3.63) is 24.3 Å². The largest absolute Gasteiger partial charge is 0.497 e. The predicted octanol–water partition coefficient (Wildman–Crippen LogP) is 0.607. The summed E-state index contributed by atoms with van der Waals surface area (Å²) >= 11 is 0. The molecule has 5 nitrogen and oxygen atoms in total. The lowest BCUT2D eigenvalue weighted by Crippen LogP contribution is -2.37. The lowest BCUT2D eigenvalue weighted by molar-refractivity contribution is -0.141. The first-order valence-corrected chi connectivity index (χ1v) is 4.89. The summed E-state index contributed by atoms with van der Waals surface area (Å²) in [7, 11) is 2.91. The molecule has 0 spiro atoms. The molecule has 0 aliphatic rings. The maximum absolute atomic E-state index is 11.3. The predicted molar refractivity (Wildman–Crippen MR) is 61.5 cm³/mol. The number of hydrogen-bond acceptors (Lipinski definition) is 5. The summed E-state index contributed by atoms with van der Waals surface area (Å²) in [6.45, 7) is 0.171. The zero-order chi connectivity index (χ0) is 12.0. The number of nitrogens with one attached hydrogen (secondary N) is 1. The lowest BCUT2D eigenvalue weighted by atomic mass is 10.2. The third-order valence-corrected chi connectivity index (χ3v) is 2.13. The minimum absolute atomic E-state index is 0.171. The zero-order valence-electron chi connectivity index (χ0n) is 9.40. The first-order valence-electron chi connectivity index (χ1n) is 4.89. The molecule has 1 rings (SSSR count). The second-order valence-electron chi connectivity index (χ2n) is 3.19. The number of carbonyl (C=O) groups is 1. The van der Waals surface area contributed by atoms with Crippen molar-refractivity contribution in [1.29, 1.82) is 0 Å². The molecule has 0 amide bonds. The van der Waals surface area contributed by atoms with E-state index >= 15 is 0 Å². The molecule has 1 aromatic rings. The molecule has 0 saturated carbocycles. The van der Waals surface area contributed by atoms with Gasteiger partial charge in [-0.25, -0.2) is 4.79 Å². The van der Waals surface area contributed by atoms with Gasteiger partial charge in [-0.15, -0.1) is 0 Å². The Labute approximate surface area is 94.5 Å². The first kappa shape index (κ1) is 12.3. The van der Waals surface area contributed by atoms with Gasteiger partial charge in [-0.1, -0.05) is 6.07 Å². The van der Waals surface area contributed by atoms with Gasteiger partial charge in [-0.3, -0.25) is 0 Å². The van der Waals surface area contributed by atoms with Crippen LogP contribution in [0.3, 0.4) is 0 Å². The van der Waals surface area contributed by atoms with E-state index in [4.69, 9.17) is 10.5 Å². The molecule has 0 heterocycles. The Bertz CT molecular complexity index is 355. The van der Waals surface area contributed by atoms with Gasteiger partial charge in [0.2, 0.25) is 0 Å². The number of methoxy groups -OCH3 is 2. The molecule has 0 bridgehead atoms. The first-order chi connectivity index (χ1) is 7.71. The molecule has 0 radical (unpaired) electrons. The normalized spacial score (nSPS) is 11.7. The average molecular weight is 224 g/mol. The highest BCUT2D eigenvalue weighted by molar-refractivity contribution is 5.79. The van der Waals surface area contributed by atoms with Crippen molar-refractivity contribution in [3.63, 3.8) is 0 Å². The molecule has 0 aliphatic heterocycles. The van der Waals surface area contributed by atoms with Gasteiger partial charge in [0, 0.05) is 18.3 Å². The number of benzene rings is 1. The number of anilines is 1. The van der Waals surface area contributed by atoms with Crippen molar-refractivity contribution in [2.24, 2.45) is 5.73 Å². The number of nitrogens with two attached hydrogens (primary N) is 1. The number of esters is 1. The Morgan fingerprint density at radius 3 is 2.81 bits per heavy atom. The van der Waals surface area contributed by atoms with Gasteiger partial charge in [0.1, 0.15) is 11.8 Å². The molecular weight excluding hydrogens is 208 g/mol. The van der Waals surface area contributed by atoms with Crippen LogP contribution in [0.15, 0.2) is 24.3 Å². The Balaban J connectivity index is 2.73. The van der Waals surface area contributed by atoms with Gasteiger partial charge in [0.05, 0.1) is 14.2 Å². The van der Waals surface area contributed by atoms with Crippen molar-refractivity contribution in [1.82, 2.24) is 0 Å². The van der Waals surface area contributed by atoms with E-state index in [2.05, 4.69) is 10.1 Å². The van der Waals surface area contributed by atoms with Crippen LogP contribution in [-0.2, 0) is 9.53 Å². The van der Waals surface area contributed by atoms with Crippen LogP contribution in [0, 0.1) is 0 Å². The minimum Gasteiger partial charge on any atom is -0.497 e. The average Bonchev–Trinajstić information content (AvgIpc) is 2.35. The Morgan fingerprint density at radius 2 is 2.25 bits per heavy atom. The van der Waals surface area contributed by atoms with E-state index in [0.717, 1.165) is 5.69 Å². The quantitative estimate of drug-likeness (QED) is 0.717. The van der Waals surface area contributed by atoms with Crippen molar-refractivity contribution < 1.29 is 14.3 Å². The van der Waals surface area contributed by atoms with Crippen LogP contribution in [0.5, 0.6) is 5.75 Å². The van der Waals surface area contributed by atoms with E-state index in [0.29, 0.717) is 5.75 Å². The summed E-state index contributed by atoms with van der Waals surface area (Å²) in [6, 6.07) is 6.71. The minimum atomic E-state index is -0.544. The van der Waals surface area contributed by atoms with Crippen molar-refractivity contribution >= 4 is 11.7 Å². The van der Waals surface area contributed by atoms with Crippen LogP contribution in [-0.4, -0.2) is 32.8 Å². The van der Waals surface area contributed by atoms with Crippen LogP contribution >= 0.6 is 0 Å². The number of ether oxygens (including phenoxy) is 2. The second kappa shape index (κ2) is 5.97. The van der Waals surface area contributed by atoms with Crippen LogP contribution in [0.25, 0.3) is 0 Å². The van der Waals surface area contributed by atoms with E-state index < -0.39 is 6.04 Å². The zero-order valence-corrected chi connectivity index (χ0v) is 9.40. The molecule has 1 aromatic carbocycles. The van der Waals surface area contributed by atoms with Gasteiger partial charge < -0.3 is 20.5 Å². The Kier molecular flexibility index (Phi) is 4.60. The smallest absolute Gasteiger partial charge is 0.329 e. The Hall–Kier alpha value is -1.75. The molecule has 5 heteroatoms. The fourth-order valence-corrected chi connectivity index (χ4v) is 1.27. The molecule has 3 N–H and O–H groups in total. The van der Waals surface area contributed by atoms with E-state index in [9.17, 15) is 4.79 Å². The Morgan fingerprint density at radius 1 is 1.50 bits per heavy atom. The molecular formula is C11H16N2O3. The number of rotatable bonds is 5. The summed E-state index contributed by atoms with van der Waals surface area (Å²) < 4.78 is 9.69. The van der Waals surface area contributed by atoms with Crippen molar-refractivity contribution in [2.75, 3.05) is 26.1 Å². The maximum Gasteiger partial charge on any atom is 0.329 e. The highest BCUT2D eigenvalue weighted by atomic mass is 16.5. The van der Waals surface area contributed by atoms with Gasteiger partial charge in [-0.05, 0) is 12.1 Å². The highest BCUT2D eigenvalue weighted by Gasteiger charge is 2.16. The van der Waals surface area contributed by atoms with Crippen molar-refractivity contribution in [3.8, 4) is 5.75 Å².